The lowest BCUT2D eigenvalue weighted by Crippen LogP contribution is -2.26. The second-order valence-corrected chi connectivity index (χ2v) is 6.34. The molecule has 0 unspecified atom stereocenters. The molecule has 2 heterocycles. The molecule has 1 saturated heterocycles. The van der Waals surface area contributed by atoms with Crippen LogP contribution in [0.5, 0.6) is 0 Å². The highest BCUT2D eigenvalue weighted by atomic mass is 16.5. The lowest BCUT2D eigenvalue weighted by molar-refractivity contribution is -0.124. The Balaban J connectivity index is 1.40. The van der Waals surface area contributed by atoms with Crippen molar-refractivity contribution in [2.75, 3.05) is 13.1 Å². The molecule has 0 bridgehead atoms. The smallest absolute Gasteiger partial charge is 0.257 e. The Morgan fingerprint density at radius 2 is 1.81 bits per heavy atom. The molecule has 1 aromatic heterocycles. The maximum atomic E-state index is 12.4. The molecule has 0 spiro atoms. The minimum atomic E-state index is 0.0168. The van der Waals surface area contributed by atoms with Crippen LogP contribution in [0.4, 0.5) is 0 Å². The van der Waals surface area contributed by atoms with Crippen LogP contribution < -0.4 is 0 Å². The summed E-state index contributed by atoms with van der Waals surface area (Å²) >= 11 is 0. The minimum Gasteiger partial charge on any atom is -0.338 e. The van der Waals surface area contributed by atoms with Gasteiger partial charge < -0.3 is 9.42 Å². The molecule has 0 saturated carbocycles. The van der Waals surface area contributed by atoms with Gasteiger partial charge in [0.2, 0.25) is 5.91 Å². The second kappa shape index (κ2) is 7.35. The Labute approximate surface area is 152 Å². The summed E-state index contributed by atoms with van der Waals surface area (Å²) in [6, 6.07) is 19.5. The van der Waals surface area contributed by atoms with Gasteiger partial charge in [-0.25, -0.2) is 0 Å². The molecule has 1 aliphatic rings. The lowest BCUT2D eigenvalue weighted by atomic mass is 10.1. The molecule has 0 radical (unpaired) electrons. The third-order valence-corrected chi connectivity index (χ3v) is 4.55. The van der Waals surface area contributed by atoms with Crippen LogP contribution in [-0.4, -0.2) is 34.0 Å². The Hall–Kier alpha value is -3.21. The van der Waals surface area contributed by atoms with Crippen molar-refractivity contribution in [2.45, 2.75) is 12.3 Å². The molecule has 4 rings (SSSR count). The quantitative estimate of drug-likeness (QED) is 0.676. The van der Waals surface area contributed by atoms with Crippen LogP contribution in [0.25, 0.3) is 17.5 Å². The van der Waals surface area contributed by atoms with E-state index in [2.05, 4.69) is 10.1 Å². The Bertz CT molecular complexity index is 903. The van der Waals surface area contributed by atoms with Crippen molar-refractivity contribution in [1.29, 1.82) is 0 Å². The number of carbonyl (C=O) groups is 1. The molecule has 0 N–H and O–H groups in total. The molecule has 5 nitrogen and oxygen atoms in total. The van der Waals surface area contributed by atoms with Gasteiger partial charge in [0.25, 0.3) is 5.89 Å². The monoisotopic (exact) mass is 345 g/mol. The third kappa shape index (κ3) is 3.57. The first-order valence-corrected chi connectivity index (χ1v) is 8.70. The molecule has 1 atom stereocenters. The van der Waals surface area contributed by atoms with Crippen LogP contribution >= 0.6 is 0 Å². The summed E-state index contributed by atoms with van der Waals surface area (Å²) in [4.78, 5) is 18.7. The first-order chi connectivity index (χ1) is 12.8. The maximum absolute atomic E-state index is 12.4. The minimum absolute atomic E-state index is 0.0168. The first kappa shape index (κ1) is 16.3. The lowest BCUT2D eigenvalue weighted by Gasteiger charge is -2.13. The van der Waals surface area contributed by atoms with Crippen LogP contribution in [0, 0.1) is 0 Å². The van der Waals surface area contributed by atoms with E-state index in [4.69, 9.17) is 4.52 Å². The second-order valence-electron chi connectivity index (χ2n) is 6.34. The van der Waals surface area contributed by atoms with Gasteiger partial charge in [-0.15, -0.1) is 0 Å². The van der Waals surface area contributed by atoms with Gasteiger partial charge in [0, 0.05) is 30.6 Å². The molecule has 1 fully saturated rings. The number of benzene rings is 2. The highest BCUT2D eigenvalue weighted by molar-refractivity contribution is 5.92. The maximum Gasteiger partial charge on any atom is 0.257 e. The number of hydrogen-bond donors (Lipinski definition) is 0. The highest BCUT2D eigenvalue weighted by Gasteiger charge is 2.29. The van der Waals surface area contributed by atoms with Crippen LogP contribution in [0.1, 0.15) is 23.7 Å². The molecule has 3 aromatic rings. The number of carbonyl (C=O) groups excluding carboxylic acids is 1. The summed E-state index contributed by atoms with van der Waals surface area (Å²) in [5.41, 5.74) is 1.92. The summed E-state index contributed by atoms with van der Waals surface area (Å²) in [7, 11) is 0. The van der Waals surface area contributed by atoms with Crippen LogP contribution in [-0.2, 0) is 4.79 Å². The number of rotatable bonds is 4. The Kier molecular flexibility index (Phi) is 4.60. The molecular weight excluding hydrogens is 326 g/mol. The van der Waals surface area contributed by atoms with Gasteiger partial charge in [0.15, 0.2) is 5.82 Å². The van der Waals surface area contributed by atoms with E-state index >= 15 is 0 Å². The number of aromatic nitrogens is 2. The van der Waals surface area contributed by atoms with Crippen molar-refractivity contribution in [3.8, 4) is 11.5 Å². The van der Waals surface area contributed by atoms with Gasteiger partial charge in [-0.05, 0) is 30.2 Å². The van der Waals surface area contributed by atoms with Crippen molar-refractivity contribution < 1.29 is 9.32 Å². The molecule has 1 amide bonds. The molecule has 1 aliphatic heterocycles. The number of hydrogen-bond acceptors (Lipinski definition) is 4. The standard InChI is InChI=1S/C21H19N3O2/c25-19(12-11-16-7-3-1-4-8-16)24-14-13-18(15-24)20-22-21(26-23-20)17-9-5-2-6-10-17/h1-12,18H,13-15H2/b12-11-/t18-/m1/s1. The molecule has 130 valence electrons. The zero-order chi connectivity index (χ0) is 17.8. The predicted molar refractivity (Wildman–Crippen MR) is 99.1 cm³/mol. The summed E-state index contributed by atoms with van der Waals surface area (Å²) in [6.07, 6.45) is 4.32. The molecular formula is C21H19N3O2. The SMILES string of the molecule is O=C(/C=C\c1ccccc1)N1CC[C@@H](c2noc(-c3ccccc3)n2)C1. The van der Waals surface area contributed by atoms with Crippen LogP contribution in [0.15, 0.2) is 71.3 Å². The van der Waals surface area contributed by atoms with E-state index in [9.17, 15) is 4.79 Å². The topological polar surface area (TPSA) is 59.2 Å². The summed E-state index contributed by atoms with van der Waals surface area (Å²) < 4.78 is 5.39. The van der Waals surface area contributed by atoms with Gasteiger partial charge in [-0.3, -0.25) is 4.79 Å². The van der Waals surface area contributed by atoms with E-state index in [-0.39, 0.29) is 11.8 Å². The van der Waals surface area contributed by atoms with Crippen molar-refractivity contribution in [3.63, 3.8) is 0 Å². The van der Waals surface area contributed by atoms with E-state index in [0.29, 0.717) is 24.8 Å². The largest absolute Gasteiger partial charge is 0.338 e. The normalized spacial score (nSPS) is 17.1. The van der Waals surface area contributed by atoms with Crippen molar-refractivity contribution in [3.05, 3.63) is 78.1 Å². The number of nitrogens with zero attached hydrogens (tertiary/aromatic N) is 3. The zero-order valence-corrected chi connectivity index (χ0v) is 14.3. The molecule has 2 aromatic carbocycles. The average molecular weight is 345 g/mol. The van der Waals surface area contributed by atoms with Crippen molar-refractivity contribution in [2.24, 2.45) is 0 Å². The van der Waals surface area contributed by atoms with Crippen LogP contribution in [0.3, 0.4) is 0 Å². The van der Waals surface area contributed by atoms with E-state index in [1.54, 1.807) is 6.08 Å². The van der Waals surface area contributed by atoms with E-state index < -0.39 is 0 Å². The summed E-state index contributed by atoms with van der Waals surface area (Å²) in [5.74, 6) is 1.33. The van der Waals surface area contributed by atoms with Gasteiger partial charge >= 0.3 is 0 Å². The van der Waals surface area contributed by atoms with Crippen molar-refractivity contribution in [1.82, 2.24) is 15.0 Å². The first-order valence-electron chi connectivity index (χ1n) is 8.70. The van der Waals surface area contributed by atoms with Crippen LogP contribution in [0.2, 0.25) is 0 Å². The van der Waals surface area contributed by atoms with E-state index in [1.165, 1.54) is 0 Å². The highest BCUT2D eigenvalue weighted by Crippen LogP contribution is 2.27. The Morgan fingerprint density at radius 1 is 1.08 bits per heavy atom. The van der Waals surface area contributed by atoms with E-state index in [1.807, 2.05) is 71.6 Å². The summed E-state index contributed by atoms with van der Waals surface area (Å²) in [6.45, 7) is 1.32. The number of amides is 1. The molecule has 5 heteroatoms. The fourth-order valence-electron chi connectivity index (χ4n) is 3.11. The average Bonchev–Trinajstić information content (AvgIpc) is 3.37. The fourth-order valence-corrected chi connectivity index (χ4v) is 3.11. The third-order valence-electron chi connectivity index (χ3n) is 4.55. The van der Waals surface area contributed by atoms with Gasteiger partial charge in [-0.2, -0.15) is 4.98 Å². The van der Waals surface area contributed by atoms with Gasteiger partial charge in [0.1, 0.15) is 0 Å². The Morgan fingerprint density at radius 3 is 2.58 bits per heavy atom. The van der Waals surface area contributed by atoms with Gasteiger partial charge in [0.05, 0.1) is 0 Å². The summed E-state index contributed by atoms with van der Waals surface area (Å²) in [5, 5.41) is 4.12. The predicted octanol–water partition coefficient (Wildman–Crippen LogP) is 3.77. The van der Waals surface area contributed by atoms with Gasteiger partial charge in [-0.1, -0.05) is 53.7 Å². The molecule has 26 heavy (non-hydrogen) atoms. The molecule has 0 aliphatic carbocycles. The fraction of sp³-hybridized carbons (Fsp3) is 0.190. The van der Waals surface area contributed by atoms with E-state index in [0.717, 1.165) is 17.5 Å². The zero-order valence-electron chi connectivity index (χ0n) is 14.3. The number of likely N-dealkylation sites (tertiary alicyclic amines) is 1. The van der Waals surface area contributed by atoms with Crippen molar-refractivity contribution >= 4 is 12.0 Å².